The van der Waals surface area contributed by atoms with Crippen molar-refractivity contribution in [2.45, 2.75) is 77.6 Å². The van der Waals surface area contributed by atoms with Crippen LogP contribution in [0, 0.1) is 0 Å². The van der Waals surface area contributed by atoms with Gasteiger partial charge >= 0.3 is 0 Å². The highest BCUT2D eigenvalue weighted by Crippen LogP contribution is 2.25. The van der Waals surface area contributed by atoms with Crippen LogP contribution in [0.15, 0.2) is 97.1 Å². The molecule has 0 fully saturated rings. The van der Waals surface area contributed by atoms with Crippen LogP contribution >= 0.6 is 15.9 Å². The lowest BCUT2D eigenvalue weighted by molar-refractivity contribution is 0.304. The molecule has 0 aliphatic carbocycles. The van der Waals surface area contributed by atoms with Gasteiger partial charge in [-0.25, -0.2) is 0 Å². The zero-order valence-electron chi connectivity index (χ0n) is 31.5. The van der Waals surface area contributed by atoms with Crippen molar-refractivity contribution in [3.05, 3.63) is 152 Å². The number of nitrogens with one attached hydrogen (secondary N) is 4. The van der Waals surface area contributed by atoms with Crippen molar-refractivity contribution in [1.29, 1.82) is 0 Å². The maximum absolute atomic E-state index is 6.17. The second-order valence-corrected chi connectivity index (χ2v) is 15.1. The first kappa shape index (κ1) is 37.4. The molecular formula is C47H53BrN4O2. The van der Waals surface area contributed by atoms with E-state index in [0.717, 1.165) is 103 Å². The highest BCUT2D eigenvalue weighted by atomic mass is 79.9. The molecule has 2 aromatic carbocycles. The number of ether oxygens (including phenoxy) is 2. The Labute approximate surface area is 327 Å². The molecule has 0 amide bonds. The SMILES string of the molecule is CCCCCCCCCCCCOc1ccc(C2=c3ccc([nH]3)=Cc3ccc([nH]3)C(c3ccc(OCCCBr)cc3)=c3ccc([nH]3)=Cc3ccc2[nH]3)cc1. The van der Waals surface area contributed by atoms with Gasteiger partial charge in [0.15, 0.2) is 0 Å². The van der Waals surface area contributed by atoms with Gasteiger partial charge < -0.3 is 29.4 Å². The number of benzene rings is 2. The van der Waals surface area contributed by atoms with Crippen LogP contribution in [0.25, 0.3) is 23.3 Å². The van der Waals surface area contributed by atoms with Crippen molar-refractivity contribution in [2.24, 2.45) is 0 Å². The third kappa shape index (κ3) is 9.80. The fourth-order valence-corrected chi connectivity index (χ4v) is 7.50. The Bertz CT molecular complexity index is 2320. The van der Waals surface area contributed by atoms with E-state index < -0.39 is 0 Å². The minimum Gasteiger partial charge on any atom is -0.494 e. The summed E-state index contributed by atoms with van der Waals surface area (Å²) in [7, 11) is 0. The van der Waals surface area contributed by atoms with Crippen LogP contribution in [0.4, 0.5) is 0 Å². The van der Waals surface area contributed by atoms with Gasteiger partial charge in [-0.15, -0.1) is 0 Å². The highest BCUT2D eigenvalue weighted by molar-refractivity contribution is 9.09. The van der Waals surface area contributed by atoms with Gasteiger partial charge in [-0.3, -0.25) is 0 Å². The van der Waals surface area contributed by atoms with Crippen molar-refractivity contribution < 1.29 is 9.47 Å². The Hall–Kier alpha value is -4.88. The van der Waals surface area contributed by atoms with Gasteiger partial charge in [0.25, 0.3) is 0 Å². The zero-order valence-corrected chi connectivity index (χ0v) is 33.1. The molecule has 7 heteroatoms. The molecule has 0 saturated heterocycles. The van der Waals surface area contributed by atoms with E-state index in [1.54, 1.807) is 0 Å². The maximum atomic E-state index is 6.17. The van der Waals surface area contributed by atoms with E-state index >= 15 is 0 Å². The first-order valence-electron chi connectivity index (χ1n) is 19.9. The standard InChI is InChI=1S/C47H53BrN4O2/c1-2-3-4-5-6-7-8-9-10-11-30-53-40-21-13-34(14-22-40)46-42-25-17-36(49-42)32-38-19-27-44(51-38)47(35-15-23-41(24-16-35)54-31-12-29-48)45-28-20-39(52-45)33-37-18-26-43(46)50-37/h13-28,32-33,49-52H,2-12,29-31H2,1H3. The molecule has 4 N–H and O–H groups in total. The summed E-state index contributed by atoms with van der Waals surface area (Å²) in [5.74, 6) is 1.79. The monoisotopic (exact) mass is 784 g/mol. The summed E-state index contributed by atoms with van der Waals surface area (Å²) in [6, 6.07) is 34.1. The molecule has 0 unspecified atom stereocenters. The number of H-pyrrole nitrogens is 4. The first-order chi connectivity index (χ1) is 26.7. The second kappa shape index (κ2) is 18.9. The molecule has 5 heterocycles. The van der Waals surface area contributed by atoms with Crippen LogP contribution in [0.3, 0.4) is 0 Å². The number of hydrogen-bond acceptors (Lipinski definition) is 2. The van der Waals surface area contributed by atoms with Gasteiger partial charge in [0.2, 0.25) is 0 Å². The van der Waals surface area contributed by atoms with Crippen molar-refractivity contribution >= 4 is 39.2 Å². The lowest BCUT2D eigenvalue weighted by atomic mass is 10.0. The van der Waals surface area contributed by atoms with E-state index in [9.17, 15) is 0 Å². The number of alkyl halides is 1. The molecule has 6 nitrogen and oxygen atoms in total. The third-order valence-electron chi connectivity index (χ3n) is 10.1. The number of hydrogen-bond donors (Lipinski definition) is 4. The highest BCUT2D eigenvalue weighted by Gasteiger charge is 2.13. The lowest BCUT2D eigenvalue weighted by Gasteiger charge is -2.09. The normalized spacial score (nSPS) is 12.4. The van der Waals surface area contributed by atoms with E-state index in [4.69, 9.17) is 9.47 Å². The molecule has 0 radical (unpaired) electrons. The Morgan fingerprint density at radius 1 is 0.444 bits per heavy atom. The van der Waals surface area contributed by atoms with Gasteiger partial charge in [-0.05, 0) is 109 Å². The Balaban J connectivity index is 1.12. The summed E-state index contributed by atoms with van der Waals surface area (Å²) in [6.45, 7) is 3.73. The number of aromatic amines is 4. The van der Waals surface area contributed by atoms with Crippen molar-refractivity contribution in [2.75, 3.05) is 18.5 Å². The topological polar surface area (TPSA) is 81.6 Å². The number of fused-ring (bicyclic) bond motifs is 8. The number of halogens is 1. The number of aromatic nitrogens is 4. The van der Waals surface area contributed by atoms with E-state index in [0.29, 0.717) is 6.61 Å². The van der Waals surface area contributed by atoms with Crippen molar-refractivity contribution in [3.63, 3.8) is 0 Å². The Morgan fingerprint density at radius 3 is 1.35 bits per heavy atom. The van der Waals surface area contributed by atoms with Crippen LogP contribution in [-0.4, -0.2) is 38.5 Å². The summed E-state index contributed by atoms with van der Waals surface area (Å²) >= 11 is 3.48. The summed E-state index contributed by atoms with van der Waals surface area (Å²) in [5.41, 5.74) is 8.54. The smallest absolute Gasteiger partial charge is 0.119 e. The van der Waals surface area contributed by atoms with Gasteiger partial charge in [-0.1, -0.05) is 105 Å². The van der Waals surface area contributed by atoms with Crippen molar-refractivity contribution in [3.8, 4) is 11.5 Å². The quantitative estimate of drug-likeness (QED) is 0.0518. The average Bonchev–Trinajstić information content (AvgIpc) is 4.03. The zero-order chi connectivity index (χ0) is 37.0. The summed E-state index contributed by atoms with van der Waals surface area (Å²) < 4.78 is 12.1. The Morgan fingerprint density at radius 2 is 0.889 bits per heavy atom. The lowest BCUT2D eigenvalue weighted by Crippen LogP contribution is -2.15. The minimum atomic E-state index is 0.688. The predicted octanol–water partition coefficient (Wildman–Crippen LogP) is 8.93. The van der Waals surface area contributed by atoms with E-state index in [1.165, 1.54) is 57.8 Å². The fraction of sp³-hybridized carbons (Fsp3) is 0.319. The number of rotatable bonds is 18. The second-order valence-electron chi connectivity index (χ2n) is 14.3. The van der Waals surface area contributed by atoms with E-state index in [-0.39, 0.29) is 0 Å². The van der Waals surface area contributed by atoms with E-state index in [1.807, 2.05) is 0 Å². The molecule has 1 aliphatic rings. The molecule has 7 rings (SSSR count). The van der Waals surface area contributed by atoms with Crippen LogP contribution in [0.5, 0.6) is 11.5 Å². The van der Waals surface area contributed by atoms with Gasteiger partial charge in [-0.2, -0.15) is 0 Å². The molecule has 0 atom stereocenters. The minimum absolute atomic E-state index is 0.688. The molecule has 8 bridgehead atoms. The molecule has 0 spiro atoms. The summed E-state index contributed by atoms with van der Waals surface area (Å²) in [6.07, 6.45) is 18.5. The fourth-order valence-electron chi connectivity index (χ4n) is 7.27. The number of unbranched alkanes of at least 4 members (excludes halogenated alkanes) is 9. The van der Waals surface area contributed by atoms with Gasteiger partial charge in [0, 0.05) is 60.6 Å². The molecule has 1 aliphatic heterocycles. The largest absolute Gasteiger partial charge is 0.494 e. The van der Waals surface area contributed by atoms with Crippen LogP contribution < -0.4 is 30.9 Å². The molecule has 54 heavy (non-hydrogen) atoms. The van der Waals surface area contributed by atoms with Crippen molar-refractivity contribution in [1.82, 2.24) is 19.9 Å². The third-order valence-corrected chi connectivity index (χ3v) is 10.7. The maximum Gasteiger partial charge on any atom is 0.119 e. The predicted molar refractivity (Wildman–Crippen MR) is 226 cm³/mol. The molecule has 280 valence electrons. The van der Waals surface area contributed by atoms with Crippen LogP contribution in [0.1, 0.15) is 111 Å². The van der Waals surface area contributed by atoms with Gasteiger partial charge in [0.05, 0.1) is 13.2 Å². The summed E-state index contributed by atoms with van der Waals surface area (Å²) in [4.78, 5) is 14.8. The van der Waals surface area contributed by atoms with E-state index in [2.05, 4.69) is 152 Å². The van der Waals surface area contributed by atoms with Gasteiger partial charge in [0.1, 0.15) is 11.5 Å². The molecular weight excluding hydrogens is 732 g/mol. The van der Waals surface area contributed by atoms with Crippen LogP contribution in [0.2, 0.25) is 0 Å². The molecule has 0 saturated carbocycles. The molecule has 4 aromatic heterocycles. The molecule has 6 aromatic rings. The average molecular weight is 786 g/mol. The summed E-state index contributed by atoms with van der Waals surface area (Å²) in [5, 5.41) is 5.04. The first-order valence-corrected chi connectivity index (χ1v) is 21.0. The van der Waals surface area contributed by atoms with Crippen LogP contribution in [-0.2, 0) is 0 Å². The Kier molecular flexibility index (Phi) is 13.1.